The quantitative estimate of drug-likeness (QED) is 0.850. The fourth-order valence-electron chi connectivity index (χ4n) is 3.51. The highest BCUT2D eigenvalue weighted by atomic mass is 16.2. The first-order valence-corrected chi connectivity index (χ1v) is 9.67. The van der Waals surface area contributed by atoms with Gasteiger partial charge < -0.3 is 10.2 Å². The lowest BCUT2D eigenvalue weighted by molar-refractivity contribution is -0.139. The van der Waals surface area contributed by atoms with Gasteiger partial charge in [0.2, 0.25) is 11.8 Å². The third-order valence-electron chi connectivity index (χ3n) is 5.21. The minimum atomic E-state index is -0.381. The number of amides is 2. The molecule has 1 saturated heterocycles. The lowest BCUT2D eigenvalue weighted by Gasteiger charge is -2.25. The average Bonchev–Trinajstić information content (AvgIpc) is 3.20. The van der Waals surface area contributed by atoms with Crippen LogP contribution in [-0.2, 0) is 9.59 Å². The molecule has 1 unspecified atom stereocenters. The summed E-state index contributed by atoms with van der Waals surface area (Å²) in [4.78, 5) is 31.2. The standard InChI is InChI=1S/C20H25N5O2/c1-12(2)20(27)25-11-3-4-16(25)19(26)21-15-9-7-14(8-10-15)18-22-17(23-24-18)13-5-6-13/h7-10,12-13,16H,3-6,11H2,1-2H3,(H,21,26)(H,22,23,24). The fraction of sp³-hybridized carbons (Fsp3) is 0.500. The van der Waals surface area contributed by atoms with E-state index in [1.807, 2.05) is 38.1 Å². The van der Waals surface area contributed by atoms with Gasteiger partial charge in [-0.05, 0) is 49.9 Å². The number of nitrogens with one attached hydrogen (secondary N) is 2. The van der Waals surface area contributed by atoms with Crippen LogP contribution in [-0.4, -0.2) is 44.5 Å². The van der Waals surface area contributed by atoms with Gasteiger partial charge in [-0.3, -0.25) is 14.7 Å². The van der Waals surface area contributed by atoms with Crippen molar-refractivity contribution in [3.05, 3.63) is 30.1 Å². The lowest BCUT2D eigenvalue weighted by atomic mass is 10.1. The molecule has 2 fully saturated rings. The SMILES string of the molecule is CC(C)C(=O)N1CCCC1C(=O)Nc1ccc(-c2n[nH]c(C3CC3)n2)cc1. The molecule has 2 N–H and O–H groups in total. The number of anilines is 1. The molecule has 1 aromatic heterocycles. The van der Waals surface area contributed by atoms with Crippen molar-refractivity contribution < 1.29 is 9.59 Å². The normalized spacial score (nSPS) is 19.5. The number of aromatic amines is 1. The van der Waals surface area contributed by atoms with E-state index < -0.39 is 0 Å². The number of carbonyl (C=O) groups is 2. The molecule has 27 heavy (non-hydrogen) atoms. The highest BCUT2D eigenvalue weighted by Gasteiger charge is 2.34. The van der Waals surface area contributed by atoms with Gasteiger partial charge in [0.15, 0.2) is 5.82 Å². The van der Waals surface area contributed by atoms with E-state index in [0.717, 1.165) is 17.8 Å². The predicted octanol–water partition coefficient (Wildman–Crippen LogP) is 2.93. The maximum atomic E-state index is 12.7. The molecule has 7 nitrogen and oxygen atoms in total. The van der Waals surface area contributed by atoms with E-state index in [9.17, 15) is 9.59 Å². The first-order valence-electron chi connectivity index (χ1n) is 9.67. The van der Waals surface area contributed by atoms with E-state index in [1.165, 1.54) is 12.8 Å². The van der Waals surface area contributed by atoms with Gasteiger partial charge >= 0.3 is 0 Å². The summed E-state index contributed by atoms with van der Waals surface area (Å²) >= 11 is 0. The van der Waals surface area contributed by atoms with Crippen LogP contribution in [0.4, 0.5) is 5.69 Å². The topological polar surface area (TPSA) is 91.0 Å². The molecule has 7 heteroatoms. The fourth-order valence-corrected chi connectivity index (χ4v) is 3.51. The molecule has 1 saturated carbocycles. The Bertz CT molecular complexity index is 838. The van der Waals surface area contributed by atoms with E-state index in [1.54, 1.807) is 4.90 Å². The number of H-pyrrole nitrogens is 1. The molecule has 1 atom stereocenters. The van der Waals surface area contributed by atoms with Crippen LogP contribution >= 0.6 is 0 Å². The molecular formula is C20H25N5O2. The van der Waals surface area contributed by atoms with Crippen molar-refractivity contribution in [2.24, 2.45) is 5.92 Å². The number of rotatable bonds is 5. The Labute approximate surface area is 158 Å². The Kier molecular flexibility index (Phi) is 4.68. The van der Waals surface area contributed by atoms with Crippen molar-refractivity contribution >= 4 is 17.5 Å². The van der Waals surface area contributed by atoms with Gasteiger partial charge in [0.25, 0.3) is 0 Å². The van der Waals surface area contributed by atoms with Crippen LogP contribution in [0.3, 0.4) is 0 Å². The largest absolute Gasteiger partial charge is 0.330 e. The third-order valence-corrected chi connectivity index (χ3v) is 5.21. The molecule has 0 bridgehead atoms. The second kappa shape index (κ2) is 7.13. The first kappa shape index (κ1) is 17.7. The number of aromatic nitrogens is 3. The lowest BCUT2D eigenvalue weighted by Crippen LogP contribution is -2.44. The third kappa shape index (κ3) is 3.72. The van der Waals surface area contributed by atoms with Crippen LogP contribution in [0.25, 0.3) is 11.4 Å². The van der Waals surface area contributed by atoms with Gasteiger partial charge in [0.05, 0.1) is 0 Å². The van der Waals surface area contributed by atoms with Crippen molar-refractivity contribution in [2.45, 2.75) is 51.5 Å². The van der Waals surface area contributed by atoms with E-state index in [0.29, 0.717) is 30.4 Å². The van der Waals surface area contributed by atoms with Crippen LogP contribution in [0.15, 0.2) is 24.3 Å². The molecule has 1 aliphatic heterocycles. The van der Waals surface area contributed by atoms with Gasteiger partial charge in [-0.15, -0.1) is 0 Å². The zero-order valence-electron chi connectivity index (χ0n) is 15.7. The summed E-state index contributed by atoms with van der Waals surface area (Å²) in [6.45, 7) is 4.39. The number of hydrogen-bond donors (Lipinski definition) is 2. The van der Waals surface area contributed by atoms with E-state index >= 15 is 0 Å². The Balaban J connectivity index is 1.41. The zero-order valence-corrected chi connectivity index (χ0v) is 15.7. The second-order valence-electron chi connectivity index (χ2n) is 7.73. The van der Waals surface area contributed by atoms with Crippen molar-refractivity contribution in [2.75, 3.05) is 11.9 Å². The summed E-state index contributed by atoms with van der Waals surface area (Å²) in [5, 5.41) is 10.2. The molecule has 2 heterocycles. The monoisotopic (exact) mass is 367 g/mol. The smallest absolute Gasteiger partial charge is 0.247 e. The number of nitrogens with zero attached hydrogens (tertiary/aromatic N) is 3. The summed E-state index contributed by atoms with van der Waals surface area (Å²) in [7, 11) is 0. The van der Waals surface area contributed by atoms with Crippen LogP contribution in [0.1, 0.15) is 51.3 Å². The summed E-state index contributed by atoms with van der Waals surface area (Å²) < 4.78 is 0. The van der Waals surface area contributed by atoms with Gasteiger partial charge in [0.1, 0.15) is 11.9 Å². The zero-order chi connectivity index (χ0) is 19.0. The van der Waals surface area contributed by atoms with Crippen molar-refractivity contribution in [3.63, 3.8) is 0 Å². The van der Waals surface area contributed by atoms with E-state index in [-0.39, 0.29) is 23.8 Å². The Morgan fingerprint density at radius 1 is 1.19 bits per heavy atom. The average molecular weight is 367 g/mol. The number of benzene rings is 1. The molecule has 2 aliphatic rings. The molecule has 4 rings (SSSR count). The Morgan fingerprint density at radius 2 is 1.93 bits per heavy atom. The Morgan fingerprint density at radius 3 is 2.59 bits per heavy atom. The predicted molar refractivity (Wildman–Crippen MR) is 102 cm³/mol. The Hall–Kier alpha value is -2.70. The summed E-state index contributed by atoms with van der Waals surface area (Å²) in [6.07, 6.45) is 3.93. The van der Waals surface area contributed by atoms with Gasteiger partial charge in [-0.1, -0.05) is 13.8 Å². The van der Waals surface area contributed by atoms with Crippen LogP contribution in [0, 0.1) is 5.92 Å². The molecule has 1 aromatic carbocycles. The number of carbonyl (C=O) groups excluding carboxylic acids is 2. The first-order chi connectivity index (χ1) is 13.0. The van der Waals surface area contributed by atoms with E-state index in [2.05, 4.69) is 20.5 Å². The summed E-state index contributed by atoms with van der Waals surface area (Å²) in [6, 6.07) is 7.13. The van der Waals surface area contributed by atoms with Crippen LogP contribution in [0.5, 0.6) is 0 Å². The van der Waals surface area contributed by atoms with Crippen molar-refractivity contribution in [1.82, 2.24) is 20.1 Å². The molecule has 142 valence electrons. The number of hydrogen-bond acceptors (Lipinski definition) is 4. The second-order valence-corrected chi connectivity index (χ2v) is 7.73. The van der Waals surface area contributed by atoms with E-state index in [4.69, 9.17) is 0 Å². The van der Waals surface area contributed by atoms with Crippen molar-refractivity contribution in [3.8, 4) is 11.4 Å². The van der Waals surface area contributed by atoms with Crippen LogP contribution in [0.2, 0.25) is 0 Å². The molecule has 0 radical (unpaired) electrons. The minimum Gasteiger partial charge on any atom is -0.330 e. The molecule has 2 amide bonds. The maximum absolute atomic E-state index is 12.7. The summed E-state index contributed by atoms with van der Waals surface area (Å²) in [5.74, 6) is 1.99. The van der Waals surface area contributed by atoms with Gasteiger partial charge in [-0.25, -0.2) is 4.98 Å². The summed E-state index contributed by atoms with van der Waals surface area (Å²) in [5.41, 5.74) is 1.62. The number of likely N-dealkylation sites (tertiary alicyclic amines) is 1. The minimum absolute atomic E-state index is 0.0408. The van der Waals surface area contributed by atoms with Gasteiger partial charge in [0, 0.05) is 29.6 Å². The maximum Gasteiger partial charge on any atom is 0.247 e. The van der Waals surface area contributed by atoms with Crippen molar-refractivity contribution in [1.29, 1.82) is 0 Å². The highest BCUT2D eigenvalue weighted by molar-refractivity contribution is 5.97. The van der Waals surface area contributed by atoms with Crippen LogP contribution < -0.4 is 5.32 Å². The molecule has 1 aliphatic carbocycles. The van der Waals surface area contributed by atoms with Gasteiger partial charge in [-0.2, -0.15) is 5.10 Å². The molecule has 2 aromatic rings. The molecule has 0 spiro atoms. The molecular weight excluding hydrogens is 342 g/mol. The highest BCUT2D eigenvalue weighted by Crippen LogP contribution is 2.38.